The Kier molecular flexibility index (Phi) is 4.25. The van der Waals surface area contributed by atoms with E-state index in [0.717, 1.165) is 5.69 Å². The van der Waals surface area contributed by atoms with Crippen molar-refractivity contribution in [3.63, 3.8) is 0 Å². The van der Waals surface area contributed by atoms with Crippen LogP contribution in [0.25, 0.3) is 0 Å². The Labute approximate surface area is 127 Å². The zero-order valence-corrected chi connectivity index (χ0v) is 13.0. The standard InChI is InChI=1S/C13H18N6O3/c1-9-13(19(21)22)10(2)18(14-9)8-12(20)16(3)7-11-5-6-17(4)15-11/h5-6H,7-8H2,1-4H3. The fourth-order valence-electron chi connectivity index (χ4n) is 2.23. The number of rotatable bonds is 5. The molecule has 0 spiro atoms. The van der Waals surface area contributed by atoms with Gasteiger partial charge in [0.2, 0.25) is 5.91 Å². The van der Waals surface area contributed by atoms with Crippen LogP contribution in [0.4, 0.5) is 5.69 Å². The van der Waals surface area contributed by atoms with E-state index in [2.05, 4.69) is 10.2 Å². The molecular formula is C13H18N6O3. The fraction of sp³-hybridized carbons (Fsp3) is 0.462. The van der Waals surface area contributed by atoms with E-state index in [9.17, 15) is 14.9 Å². The summed E-state index contributed by atoms with van der Waals surface area (Å²) in [6.07, 6.45) is 1.80. The van der Waals surface area contributed by atoms with Crippen LogP contribution in [0, 0.1) is 24.0 Å². The van der Waals surface area contributed by atoms with Crippen LogP contribution in [0.1, 0.15) is 17.1 Å². The van der Waals surface area contributed by atoms with Crippen molar-refractivity contribution >= 4 is 11.6 Å². The van der Waals surface area contributed by atoms with E-state index in [1.807, 2.05) is 6.07 Å². The molecule has 0 saturated carbocycles. The summed E-state index contributed by atoms with van der Waals surface area (Å²) in [5.74, 6) is -0.189. The van der Waals surface area contributed by atoms with E-state index in [4.69, 9.17) is 0 Å². The third-order valence-electron chi connectivity index (χ3n) is 3.40. The predicted octanol–water partition coefficient (Wildman–Crippen LogP) is 0.800. The van der Waals surface area contributed by atoms with Crippen molar-refractivity contribution < 1.29 is 9.72 Å². The molecule has 0 N–H and O–H groups in total. The van der Waals surface area contributed by atoms with E-state index in [0.29, 0.717) is 17.9 Å². The van der Waals surface area contributed by atoms with E-state index in [1.165, 1.54) is 9.58 Å². The van der Waals surface area contributed by atoms with Gasteiger partial charge in [-0.15, -0.1) is 0 Å². The van der Waals surface area contributed by atoms with Crippen LogP contribution in [0.15, 0.2) is 12.3 Å². The summed E-state index contributed by atoms with van der Waals surface area (Å²) in [5.41, 5.74) is 1.42. The molecule has 0 aliphatic rings. The summed E-state index contributed by atoms with van der Waals surface area (Å²) >= 11 is 0. The molecule has 22 heavy (non-hydrogen) atoms. The second-order valence-corrected chi connectivity index (χ2v) is 5.16. The normalized spacial score (nSPS) is 10.7. The van der Waals surface area contributed by atoms with Crippen LogP contribution < -0.4 is 0 Å². The van der Waals surface area contributed by atoms with E-state index in [1.54, 1.807) is 38.8 Å². The van der Waals surface area contributed by atoms with Gasteiger partial charge in [0, 0.05) is 20.3 Å². The van der Waals surface area contributed by atoms with Crippen molar-refractivity contribution in [3.8, 4) is 0 Å². The molecule has 2 aromatic heterocycles. The topological polar surface area (TPSA) is 99.1 Å². The largest absolute Gasteiger partial charge is 0.338 e. The summed E-state index contributed by atoms with van der Waals surface area (Å²) < 4.78 is 3.03. The number of carbonyl (C=O) groups excluding carboxylic acids is 1. The van der Waals surface area contributed by atoms with E-state index in [-0.39, 0.29) is 18.1 Å². The minimum atomic E-state index is -0.476. The molecule has 2 aromatic rings. The zero-order chi connectivity index (χ0) is 16.4. The highest BCUT2D eigenvalue weighted by Crippen LogP contribution is 2.21. The second kappa shape index (κ2) is 5.96. The Hall–Kier alpha value is -2.71. The molecule has 0 aromatic carbocycles. The van der Waals surface area contributed by atoms with E-state index < -0.39 is 4.92 Å². The number of nitrogens with zero attached hydrogens (tertiary/aromatic N) is 6. The second-order valence-electron chi connectivity index (χ2n) is 5.16. The van der Waals surface area contributed by atoms with Crippen LogP contribution in [-0.4, -0.2) is 42.3 Å². The summed E-state index contributed by atoms with van der Waals surface area (Å²) in [5, 5.41) is 19.2. The van der Waals surface area contributed by atoms with Crippen molar-refractivity contribution in [2.75, 3.05) is 7.05 Å². The van der Waals surface area contributed by atoms with Crippen molar-refractivity contribution in [1.82, 2.24) is 24.5 Å². The summed E-state index contributed by atoms with van der Waals surface area (Å²) in [7, 11) is 3.47. The first kappa shape index (κ1) is 15.7. The van der Waals surface area contributed by atoms with Gasteiger partial charge < -0.3 is 4.90 Å². The molecule has 1 amide bonds. The highest BCUT2D eigenvalue weighted by atomic mass is 16.6. The molecule has 0 bridgehead atoms. The lowest BCUT2D eigenvalue weighted by atomic mass is 10.3. The van der Waals surface area contributed by atoms with Gasteiger partial charge in [-0.3, -0.25) is 24.3 Å². The van der Waals surface area contributed by atoms with Gasteiger partial charge in [-0.25, -0.2) is 0 Å². The Morgan fingerprint density at radius 1 is 1.41 bits per heavy atom. The highest BCUT2D eigenvalue weighted by molar-refractivity contribution is 5.75. The molecule has 2 rings (SSSR count). The Balaban J connectivity index is 2.08. The van der Waals surface area contributed by atoms with Crippen molar-refractivity contribution in [1.29, 1.82) is 0 Å². The lowest BCUT2D eigenvalue weighted by Crippen LogP contribution is -2.30. The molecule has 118 valence electrons. The van der Waals surface area contributed by atoms with Crippen LogP contribution in [-0.2, 0) is 24.9 Å². The average molecular weight is 306 g/mol. The molecule has 0 aliphatic carbocycles. The maximum Gasteiger partial charge on any atom is 0.312 e. The Morgan fingerprint density at radius 2 is 2.09 bits per heavy atom. The van der Waals surface area contributed by atoms with Crippen molar-refractivity contribution in [3.05, 3.63) is 39.5 Å². The maximum absolute atomic E-state index is 12.2. The average Bonchev–Trinajstić information content (AvgIpc) is 2.93. The van der Waals surface area contributed by atoms with Gasteiger partial charge in [-0.1, -0.05) is 0 Å². The van der Waals surface area contributed by atoms with Gasteiger partial charge in [-0.05, 0) is 19.9 Å². The smallest absolute Gasteiger partial charge is 0.312 e. The number of aromatic nitrogens is 4. The molecule has 0 aliphatic heterocycles. The van der Waals surface area contributed by atoms with Gasteiger partial charge in [-0.2, -0.15) is 10.2 Å². The molecule has 0 saturated heterocycles. The van der Waals surface area contributed by atoms with Crippen LogP contribution in [0.3, 0.4) is 0 Å². The monoisotopic (exact) mass is 306 g/mol. The number of likely N-dealkylation sites (N-methyl/N-ethyl adjacent to an activating group) is 1. The quantitative estimate of drug-likeness (QED) is 0.601. The third kappa shape index (κ3) is 3.13. The number of aryl methyl sites for hydroxylation is 2. The van der Waals surface area contributed by atoms with Crippen LogP contribution >= 0.6 is 0 Å². The molecule has 9 nitrogen and oxygen atoms in total. The molecule has 0 fully saturated rings. The first-order chi connectivity index (χ1) is 10.3. The Morgan fingerprint density at radius 3 is 2.59 bits per heavy atom. The minimum Gasteiger partial charge on any atom is -0.338 e. The van der Waals surface area contributed by atoms with Gasteiger partial charge in [0.05, 0.1) is 17.2 Å². The molecule has 0 unspecified atom stereocenters. The predicted molar refractivity (Wildman–Crippen MR) is 78.0 cm³/mol. The highest BCUT2D eigenvalue weighted by Gasteiger charge is 2.23. The first-order valence-electron chi connectivity index (χ1n) is 6.70. The number of nitro groups is 1. The summed E-state index contributed by atoms with van der Waals surface area (Å²) in [6, 6.07) is 1.83. The summed E-state index contributed by atoms with van der Waals surface area (Å²) in [6.45, 7) is 3.48. The van der Waals surface area contributed by atoms with Gasteiger partial charge in [0.1, 0.15) is 17.9 Å². The third-order valence-corrected chi connectivity index (χ3v) is 3.40. The van der Waals surface area contributed by atoms with E-state index >= 15 is 0 Å². The van der Waals surface area contributed by atoms with Gasteiger partial charge in [0.15, 0.2) is 0 Å². The maximum atomic E-state index is 12.2. The number of hydrogen-bond donors (Lipinski definition) is 0. The Bertz CT molecular complexity index is 717. The number of carbonyl (C=O) groups is 1. The van der Waals surface area contributed by atoms with Crippen LogP contribution in [0.5, 0.6) is 0 Å². The lowest BCUT2D eigenvalue weighted by molar-refractivity contribution is -0.386. The SMILES string of the molecule is Cc1nn(CC(=O)N(C)Cc2ccn(C)n2)c(C)c1[N+](=O)[O-]. The van der Waals surface area contributed by atoms with Gasteiger partial charge in [0.25, 0.3) is 0 Å². The van der Waals surface area contributed by atoms with Crippen molar-refractivity contribution in [2.45, 2.75) is 26.9 Å². The molecule has 0 radical (unpaired) electrons. The van der Waals surface area contributed by atoms with Crippen LogP contribution in [0.2, 0.25) is 0 Å². The fourth-order valence-corrected chi connectivity index (χ4v) is 2.23. The minimum absolute atomic E-state index is 0.0379. The number of amides is 1. The zero-order valence-electron chi connectivity index (χ0n) is 13.0. The molecule has 9 heteroatoms. The van der Waals surface area contributed by atoms with Gasteiger partial charge >= 0.3 is 5.69 Å². The van der Waals surface area contributed by atoms with Crippen molar-refractivity contribution in [2.24, 2.45) is 7.05 Å². The number of hydrogen-bond acceptors (Lipinski definition) is 5. The molecule has 0 atom stereocenters. The lowest BCUT2D eigenvalue weighted by Gasteiger charge is -2.16. The first-order valence-corrected chi connectivity index (χ1v) is 6.70. The summed E-state index contributed by atoms with van der Waals surface area (Å²) in [4.78, 5) is 24.2. The molecular weight excluding hydrogens is 288 g/mol. The molecule has 2 heterocycles.